The van der Waals surface area contributed by atoms with E-state index in [-0.39, 0.29) is 0 Å². The van der Waals surface area contributed by atoms with Gasteiger partial charge in [-0.3, -0.25) is 0 Å². The maximum Gasteiger partial charge on any atom is 0.0911 e. The molecule has 1 nitrogen and oxygen atoms in total. The molecule has 0 aliphatic heterocycles. The fourth-order valence-corrected chi connectivity index (χ4v) is 3.20. The molecule has 0 heterocycles. The lowest BCUT2D eigenvalue weighted by Gasteiger charge is -2.38. The van der Waals surface area contributed by atoms with Gasteiger partial charge in [-0.25, -0.2) is 0 Å². The number of aliphatic hydroxyl groups is 1. The molecule has 0 atom stereocenters. The zero-order chi connectivity index (χ0) is 12.5. The van der Waals surface area contributed by atoms with Gasteiger partial charge in [-0.05, 0) is 43.6 Å². The van der Waals surface area contributed by atoms with Gasteiger partial charge in [-0.2, -0.15) is 0 Å². The van der Waals surface area contributed by atoms with Crippen molar-refractivity contribution < 1.29 is 5.11 Å². The number of rotatable bonds is 2. The molecule has 1 saturated carbocycles. The Hall–Kier alpha value is -0.530. The Morgan fingerprint density at radius 1 is 1.24 bits per heavy atom. The van der Waals surface area contributed by atoms with Gasteiger partial charge in [-0.15, -0.1) is 0 Å². The Balaban J connectivity index is 2.15. The van der Waals surface area contributed by atoms with E-state index in [1.807, 2.05) is 24.3 Å². The highest BCUT2D eigenvalue weighted by molar-refractivity contribution is 6.31. The Bertz CT molecular complexity index is 378. The van der Waals surface area contributed by atoms with Crippen LogP contribution in [0.1, 0.15) is 45.1 Å². The fraction of sp³-hybridized carbons (Fsp3) is 0.600. The van der Waals surface area contributed by atoms with Crippen LogP contribution >= 0.6 is 11.6 Å². The van der Waals surface area contributed by atoms with E-state index in [0.29, 0.717) is 10.9 Å². The molecule has 0 unspecified atom stereocenters. The second kappa shape index (κ2) is 4.99. The van der Waals surface area contributed by atoms with Crippen LogP contribution in [0.3, 0.4) is 0 Å². The molecule has 1 fully saturated rings. The van der Waals surface area contributed by atoms with E-state index < -0.39 is 5.60 Å². The molecule has 1 N–H and O–H groups in total. The normalized spacial score (nSPS) is 29.6. The molecule has 1 aromatic rings. The summed E-state index contributed by atoms with van der Waals surface area (Å²) < 4.78 is 0. The standard InChI is InChI=1S/C15H21ClO/c1-11(2)12-7-9-15(17,10-8-12)13-5-3-4-6-14(13)16/h3-6,11-12,17H,7-10H2,1-2H3. The number of hydrogen-bond donors (Lipinski definition) is 1. The highest BCUT2D eigenvalue weighted by Crippen LogP contribution is 2.43. The molecule has 2 heteroatoms. The van der Waals surface area contributed by atoms with Crippen LogP contribution < -0.4 is 0 Å². The van der Waals surface area contributed by atoms with E-state index in [4.69, 9.17) is 11.6 Å². The lowest BCUT2D eigenvalue weighted by atomic mass is 9.72. The van der Waals surface area contributed by atoms with Crippen LogP contribution in [0.2, 0.25) is 5.02 Å². The first-order valence-corrected chi connectivity index (χ1v) is 6.88. The van der Waals surface area contributed by atoms with Crippen LogP contribution in [-0.4, -0.2) is 5.11 Å². The van der Waals surface area contributed by atoms with Gasteiger partial charge in [0.25, 0.3) is 0 Å². The summed E-state index contributed by atoms with van der Waals surface area (Å²) in [6, 6.07) is 7.68. The molecule has 0 bridgehead atoms. The molecule has 17 heavy (non-hydrogen) atoms. The van der Waals surface area contributed by atoms with Crippen LogP contribution in [0.5, 0.6) is 0 Å². The van der Waals surface area contributed by atoms with E-state index in [0.717, 1.165) is 37.2 Å². The molecule has 2 rings (SSSR count). The monoisotopic (exact) mass is 252 g/mol. The molecule has 94 valence electrons. The highest BCUT2D eigenvalue weighted by Gasteiger charge is 2.36. The SMILES string of the molecule is CC(C)C1CCC(O)(c2ccccc2Cl)CC1. The minimum atomic E-state index is -0.705. The lowest BCUT2D eigenvalue weighted by molar-refractivity contribution is -0.0198. The largest absolute Gasteiger partial charge is 0.385 e. The molecule has 1 aliphatic rings. The lowest BCUT2D eigenvalue weighted by Crippen LogP contribution is -2.33. The molecule has 1 aliphatic carbocycles. The maximum absolute atomic E-state index is 10.7. The summed E-state index contributed by atoms with van der Waals surface area (Å²) in [4.78, 5) is 0. The van der Waals surface area contributed by atoms with E-state index in [2.05, 4.69) is 13.8 Å². The third-order valence-electron chi connectivity index (χ3n) is 4.18. The highest BCUT2D eigenvalue weighted by atomic mass is 35.5. The number of benzene rings is 1. The number of halogens is 1. The van der Waals surface area contributed by atoms with Crippen molar-refractivity contribution in [2.75, 3.05) is 0 Å². The van der Waals surface area contributed by atoms with Crippen molar-refractivity contribution in [3.05, 3.63) is 34.9 Å². The van der Waals surface area contributed by atoms with Crippen LogP contribution in [0.4, 0.5) is 0 Å². The second-order valence-corrected chi connectivity index (χ2v) is 6.00. The van der Waals surface area contributed by atoms with Crippen LogP contribution in [-0.2, 0) is 5.60 Å². The first-order chi connectivity index (χ1) is 8.03. The summed E-state index contributed by atoms with van der Waals surface area (Å²) >= 11 is 6.19. The van der Waals surface area contributed by atoms with Crippen molar-refractivity contribution >= 4 is 11.6 Å². The third kappa shape index (κ3) is 2.66. The van der Waals surface area contributed by atoms with Crippen molar-refractivity contribution in [2.45, 2.75) is 45.1 Å². The summed E-state index contributed by atoms with van der Waals surface area (Å²) in [6.45, 7) is 4.54. The summed E-state index contributed by atoms with van der Waals surface area (Å²) in [5, 5.41) is 11.4. The molecular formula is C15H21ClO. The average Bonchev–Trinajstić information content (AvgIpc) is 2.30. The Labute approximate surface area is 109 Å². The fourth-order valence-electron chi connectivity index (χ4n) is 2.89. The van der Waals surface area contributed by atoms with Crippen molar-refractivity contribution in [3.63, 3.8) is 0 Å². The van der Waals surface area contributed by atoms with Gasteiger partial charge in [0.05, 0.1) is 5.60 Å². The molecule has 1 aromatic carbocycles. The first kappa shape index (κ1) is 12.9. The Morgan fingerprint density at radius 3 is 2.35 bits per heavy atom. The van der Waals surface area contributed by atoms with Gasteiger partial charge in [0.15, 0.2) is 0 Å². The van der Waals surface area contributed by atoms with Crippen LogP contribution in [0.25, 0.3) is 0 Å². The van der Waals surface area contributed by atoms with Gasteiger partial charge in [-0.1, -0.05) is 43.6 Å². The molecule has 0 radical (unpaired) electrons. The first-order valence-electron chi connectivity index (χ1n) is 6.50. The maximum atomic E-state index is 10.7. The summed E-state index contributed by atoms with van der Waals surface area (Å²) in [5.74, 6) is 1.46. The van der Waals surface area contributed by atoms with Gasteiger partial charge in [0.1, 0.15) is 0 Å². The molecule has 0 spiro atoms. The van der Waals surface area contributed by atoms with Gasteiger partial charge < -0.3 is 5.11 Å². The predicted molar refractivity (Wildman–Crippen MR) is 72.1 cm³/mol. The second-order valence-electron chi connectivity index (χ2n) is 5.59. The van der Waals surface area contributed by atoms with Crippen molar-refractivity contribution in [3.8, 4) is 0 Å². The van der Waals surface area contributed by atoms with Gasteiger partial charge in [0.2, 0.25) is 0 Å². The number of hydrogen-bond acceptors (Lipinski definition) is 1. The van der Waals surface area contributed by atoms with Crippen molar-refractivity contribution in [2.24, 2.45) is 11.8 Å². The van der Waals surface area contributed by atoms with E-state index >= 15 is 0 Å². The minimum absolute atomic E-state index is 0.693. The summed E-state index contributed by atoms with van der Waals surface area (Å²) in [7, 11) is 0. The van der Waals surface area contributed by atoms with E-state index in [9.17, 15) is 5.11 Å². The van der Waals surface area contributed by atoms with E-state index in [1.165, 1.54) is 0 Å². The molecule has 0 amide bonds. The minimum Gasteiger partial charge on any atom is -0.385 e. The quantitative estimate of drug-likeness (QED) is 0.829. The van der Waals surface area contributed by atoms with Gasteiger partial charge in [0, 0.05) is 10.6 Å². The molecule has 0 aromatic heterocycles. The van der Waals surface area contributed by atoms with Crippen molar-refractivity contribution in [1.82, 2.24) is 0 Å². The zero-order valence-electron chi connectivity index (χ0n) is 10.6. The Kier molecular flexibility index (Phi) is 3.79. The Morgan fingerprint density at radius 2 is 1.82 bits per heavy atom. The van der Waals surface area contributed by atoms with E-state index in [1.54, 1.807) is 0 Å². The predicted octanol–water partition coefficient (Wildman–Crippen LogP) is 4.37. The summed E-state index contributed by atoms with van der Waals surface area (Å²) in [6.07, 6.45) is 3.86. The summed E-state index contributed by atoms with van der Waals surface area (Å²) in [5.41, 5.74) is 0.202. The smallest absolute Gasteiger partial charge is 0.0911 e. The van der Waals surface area contributed by atoms with Crippen LogP contribution in [0, 0.1) is 11.8 Å². The average molecular weight is 253 g/mol. The molecular weight excluding hydrogens is 232 g/mol. The van der Waals surface area contributed by atoms with Gasteiger partial charge >= 0.3 is 0 Å². The topological polar surface area (TPSA) is 20.2 Å². The van der Waals surface area contributed by atoms with Crippen molar-refractivity contribution in [1.29, 1.82) is 0 Å². The zero-order valence-corrected chi connectivity index (χ0v) is 11.4. The third-order valence-corrected chi connectivity index (χ3v) is 4.51. The van der Waals surface area contributed by atoms with Crippen LogP contribution in [0.15, 0.2) is 24.3 Å². The molecule has 0 saturated heterocycles.